The van der Waals surface area contributed by atoms with Crippen LogP contribution in [0.5, 0.6) is 0 Å². The number of nitrogens with zero attached hydrogens (tertiary/aromatic N) is 1. The predicted molar refractivity (Wildman–Crippen MR) is 62.6 cm³/mol. The summed E-state index contributed by atoms with van der Waals surface area (Å²) >= 11 is 0. The molecule has 0 spiro atoms. The first-order valence-electron chi connectivity index (χ1n) is 6.11. The van der Waals surface area contributed by atoms with Crippen molar-refractivity contribution < 1.29 is 0 Å². The molecule has 0 saturated carbocycles. The van der Waals surface area contributed by atoms with Crippen LogP contribution in [0.3, 0.4) is 0 Å². The van der Waals surface area contributed by atoms with E-state index in [4.69, 9.17) is 0 Å². The van der Waals surface area contributed by atoms with E-state index in [0.29, 0.717) is 12.1 Å². The fourth-order valence-electron chi connectivity index (χ4n) is 2.13. The maximum Gasteiger partial charge on any atom is 0.0192 e. The van der Waals surface area contributed by atoms with Gasteiger partial charge in [0.2, 0.25) is 0 Å². The summed E-state index contributed by atoms with van der Waals surface area (Å²) in [5, 5.41) is 3.51. The Morgan fingerprint density at radius 2 is 2.07 bits per heavy atom. The summed E-state index contributed by atoms with van der Waals surface area (Å²) in [5.41, 5.74) is 0. The van der Waals surface area contributed by atoms with E-state index in [2.05, 4.69) is 37.9 Å². The Morgan fingerprint density at radius 1 is 1.36 bits per heavy atom. The molecule has 0 aliphatic carbocycles. The third-order valence-corrected chi connectivity index (χ3v) is 3.34. The molecule has 0 aromatic heterocycles. The van der Waals surface area contributed by atoms with Gasteiger partial charge < -0.3 is 5.32 Å². The molecule has 84 valence electrons. The van der Waals surface area contributed by atoms with Crippen LogP contribution in [0.4, 0.5) is 0 Å². The highest BCUT2D eigenvalue weighted by atomic mass is 15.2. The van der Waals surface area contributed by atoms with Gasteiger partial charge in [-0.2, -0.15) is 0 Å². The zero-order valence-corrected chi connectivity index (χ0v) is 10.2. The summed E-state index contributed by atoms with van der Waals surface area (Å²) in [4.78, 5) is 2.63. The fourth-order valence-corrected chi connectivity index (χ4v) is 2.13. The van der Waals surface area contributed by atoms with Crippen molar-refractivity contribution in [2.45, 2.75) is 52.6 Å². The molecule has 0 bridgehead atoms. The Labute approximate surface area is 89.1 Å². The Bertz CT molecular complexity index is 156. The minimum atomic E-state index is 0.613. The SMILES string of the molecule is CCC1CCN(C(C)CNC(C)C)C1. The molecular formula is C12H26N2. The molecule has 1 heterocycles. The lowest BCUT2D eigenvalue weighted by molar-refractivity contribution is 0.238. The van der Waals surface area contributed by atoms with Gasteiger partial charge in [-0.3, -0.25) is 4.90 Å². The summed E-state index contributed by atoms with van der Waals surface area (Å²) in [7, 11) is 0. The van der Waals surface area contributed by atoms with Crippen LogP contribution in [0, 0.1) is 5.92 Å². The van der Waals surface area contributed by atoms with E-state index in [1.807, 2.05) is 0 Å². The van der Waals surface area contributed by atoms with E-state index in [9.17, 15) is 0 Å². The summed E-state index contributed by atoms with van der Waals surface area (Å²) in [6, 6.07) is 1.32. The molecule has 2 unspecified atom stereocenters. The Kier molecular flexibility index (Phi) is 4.90. The minimum Gasteiger partial charge on any atom is -0.313 e. The normalized spacial score (nSPS) is 25.9. The van der Waals surface area contributed by atoms with Crippen molar-refractivity contribution in [3.05, 3.63) is 0 Å². The van der Waals surface area contributed by atoms with E-state index in [1.165, 1.54) is 25.9 Å². The maximum atomic E-state index is 3.51. The first kappa shape index (κ1) is 12.0. The van der Waals surface area contributed by atoms with Crippen LogP contribution >= 0.6 is 0 Å². The van der Waals surface area contributed by atoms with Crippen molar-refractivity contribution >= 4 is 0 Å². The number of hydrogen-bond donors (Lipinski definition) is 1. The van der Waals surface area contributed by atoms with Gasteiger partial charge in [0.1, 0.15) is 0 Å². The molecule has 2 nitrogen and oxygen atoms in total. The molecular weight excluding hydrogens is 172 g/mol. The van der Waals surface area contributed by atoms with Gasteiger partial charge in [0.25, 0.3) is 0 Å². The highest BCUT2D eigenvalue weighted by molar-refractivity contribution is 4.80. The summed E-state index contributed by atoms with van der Waals surface area (Å²) < 4.78 is 0. The second-order valence-electron chi connectivity index (χ2n) is 4.97. The van der Waals surface area contributed by atoms with Crippen LogP contribution in [0.15, 0.2) is 0 Å². The van der Waals surface area contributed by atoms with Gasteiger partial charge in [0, 0.05) is 25.2 Å². The van der Waals surface area contributed by atoms with Crippen molar-refractivity contribution in [3.63, 3.8) is 0 Å². The third kappa shape index (κ3) is 3.58. The molecule has 0 aromatic rings. The smallest absolute Gasteiger partial charge is 0.0192 e. The van der Waals surface area contributed by atoms with Crippen molar-refractivity contribution in [3.8, 4) is 0 Å². The molecule has 1 fully saturated rings. The fraction of sp³-hybridized carbons (Fsp3) is 1.00. The molecule has 1 aliphatic rings. The van der Waals surface area contributed by atoms with E-state index in [1.54, 1.807) is 0 Å². The average Bonchev–Trinajstić information content (AvgIpc) is 2.62. The van der Waals surface area contributed by atoms with Gasteiger partial charge in [-0.1, -0.05) is 27.2 Å². The van der Waals surface area contributed by atoms with Gasteiger partial charge in [-0.05, 0) is 25.8 Å². The summed E-state index contributed by atoms with van der Waals surface area (Å²) in [5.74, 6) is 0.955. The van der Waals surface area contributed by atoms with E-state index < -0.39 is 0 Å². The first-order chi connectivity index (χ1) is 6.63. The molecule has 1 rings (SSSR count). The van der Waals surface area contributed by atoms with Gasteiger partial charge >= 0.3 is 0 Å². The van der Waals surface area contributed by atoms with Gasteiger partial charge in [0.05, 0.1) is 0 Å². The molecule has 2 atom stereocenters. The second kappa shape index (κ2) is 5.72. The topological polar surface area (TPSA) is 15.3 Å². The summed E-state index contributed by atoms with van der Waals surface area (Å²) in [6.45, 7) is 12.8. The number of hydrogen-bond acceptors (Lipinski definition) is 2. The van der Waals surface area contributed by atoms with Crippen molar-refractivity contribution in [2.24, 2.45) is 5.92 Å². The monoisotopic (exact) mass is 198 g/mol. The Hall–Kier alpha value is -0.0800. The van der Waals surface area contributed by atoms with Crippen molar-refractivity contribution in [2.75, 3.05) is 19.6 Å². The highest BCUT2D eigenvalue weighted by Crippen LogP contribution is 2.20. The highest BCUT2D eigenvalue weighted by Gasteiger charge is 2.24. The zero-order valence-electron chi connectivity index (χ0n) is 10.2. The first-order valence-corrected chi connectivity index (χ1v) is 6.11. The van der Waals surface area contributed by atoms with Gasteiger partial charge in [-0.15, -0.1) is 0 Å². The van der Waals surface area contributed by atoms with Crippen LogP contribution in [0.1, 0.15) is 40.5 Å². The molecule has 0 aromatic carbocycles. The predicted octanol–water partition coefficient (Wildman–Crippen LogP) is 2.10. The average molecular weight is 198 g/mol. The molecule has 1 N–H and O–H groups in total. The molecule has 2 heteroatoms. The van der Waals surface area contributed by atoms with E-state index in [-0.39, 0.29) is 0 Å². The van der Waals surface area contributed by atoms with E-state index >= 15 is 0 Å². The Balaban J connectivity index is 2.21. The zero-order chi connectivity index (χ0) is 10.6. The van der Waals surface area contributed by atoms with Crippen LogP contribution < -0.4 is 5.32 Å². The molecule has 1 aliphatic heterocycles. The standard InChI is InChI=1S/C12H26N2/c1-5-12-6-7-14(9-12)11(4)8-13-10(2)3/h10-13H,5-9H2,1-4H3. The molecule has 0 amide bonds. The lowest BCUT2D eigenvalue weighted by Crippen LogP contribution is -2.41. The van der Waals surface area contributed by atoms with Crippen LogP contribution in [-0.2, 0) is 0 Å². The van der Waals surface area contributed by atoms with Gasteiger partial charge in [-0.25, -0.2) is 0 Å². The Morgan fingerprint density at radius 3 is 2.57 bits per heavy atom. The number of likely N-dealkylation sites (tertiary alicyclic amines) is 1. The largest absolute Gasteiger partial charge is 0.313 e. The maximum absolute atomic E-state index is 3.51. The minimum absolute atomic E-state index is 0.613. The van der Waals surface area contributed by atoms with Gasteiger partial charge in [0.15, 0.2) is 0 Å². The third-order valence-electron chi connectivity index (χ3n) is 3.34. The summed E-state index contributed by atoms with van der Waals surface area (Å²) in [6.07, 6.45) is 2.75. The lowest BCUT2D eigenvalue weighted by atomic mass is 10.1. The molecule has 14 heavy (non-hydrogen) atoms. The van der Waals surface area contributed by atoms with Crippen molar-refractivity contribution in [1.29, 1.82) is 0 Å². The van der Waals surface area contributed by atoms with Crippen LogP contribution in [-0.4, -0.2) is 36.6 Å². The van der Waals surface area contributed by atoms with Crippen molar-refractivity contribution in [1.82, 2.24) is 10.2 Å². The second-order valence-corrected chi connectivity index (χ2v) is 4.97. The van der Waals surface area contributed by atoms with Crippen LogP contribution in [0.2, 0.25) is 0 Å². The molecule has 1 saturated heterocycles. The number of nitrogens with one attached hydrogen (secondary N) is 1. The quantitative estimate of drug-likeness (QED) is 0.728. The number of rotatable bonds is 5. The lowest BCUT2D eigenvalue weighted by Gasteiger charge is -2.25. The van der Waals surface area contributed by atoms with Crippen LogP contribution in [0.25, 0.3) is 0 Å². The van der Waals surface area contributed by atoms with E-state index in [0.717, 1.165) is 12.5 Å². The molecule has 0 radical (unpaired) electrons.